The van der Waals surface area contributed by atoms with Crippen LogP contribution >= 0.6 is 22.9 Å². The monoisotopic (exact) mass is 367 g/mol. The summed E-state index contributed by atoms with van der Waals surface area (Å²) in [6, 6.07) is 15.7. The normalized spacial score (nSPS) is 10.8. The number of aromatic nitrogens is 3. The van der Waals surface area contributed by atoms with Crippen molar-refractivity contribution in [2.24, 2.45) is 0 Å². The number of nitrogens with one attached hydrogen (secondary N) is 2. The number of benzene rings is 2. The predicted molar refractivity (Wildman–Crippen MR) is 104 cm³/mol. The second kappa shape index (κ2) is 6.66. The van der Waals surface area contributed by atoms with Gasteiger partial charge in [-0.25, -0.2) is 9.97 Å². The molecular formula is C18H14ClN5S. The summed E-state index contributed by atoms with van der Waals surface area (Å²) >= 11 is 7.64. The molecule has 4 aromatic rings. The van der Waals surface area contributed by atoms with Crippen LogP contribution in [0.4, 0.5) is 22.3 Å². The fourth-order valence-corrected chi connectivity index (χ4v) is 3.66. The molecule has 0 amide bonds. The molecule has 0 aliphatic rings. The van der Waals surface area contributed by atoms with Crippen LogP contribution in [-0.4, -0.2) is 15.0 Å². The highest BCUT2D eigenvalue weighted by Gasteiger charge is 2.11. The summed E-state index contributed by atoms with van der Waals surface area (Å²) in [5.74, 6) is 0.713. The molecule has 0 saturated carbocycles. The number of thiazole rings is 1. The van der Waals surface area contributed by atoms with Crippen molar-refractivity contribution >= 4 is 55.6 Å². The van der Waals surface area contributed by atoms with E-state index in [0.717, 1.165) is 26.8 Å². The van der Waals surface area contributed by atoms with Gasteiger partial charge in [-0.1, -0.05) is 41.1 Å². The van der Waals surface area contributed by atoms with Crippen molar-refractivity contribution in [2.45, 2.75) is 6.92 Å². The van der Waals surface area contributed by atoms with Gasteiger partial charge in [0.05, 0.1) is 0 Å². The van der Waals surface area contributed by atoms with E-state index in [0.29, 0.717) is 16.5 Å². The molecular weight excluding hydrogens is 354 g/mol. The molecule has 7 heteroatoms. The third-order valence-corrected chi connectivity index (χ3v) is 4.71. The number of hydrogen-bond acceptors (Lipinski definition) is 6. The summed E-state index contributed by atoms with van der Waals surface area (Å²) in [4.78, 5) is 13.2. The Bertz CT molecular complexity index is 1010. The van der Waals surface area contributed by atoms with E-state index < -0.39 is 0 Å². The molecule has 0 atom stereocenters. The molecule has 4 rings (SSSR count). The Morgan fingerprint density at radius 2 is 1.80 bits per heavy atom. The van der Waals surface area contributed by atoms with Crippen molar-refractivity contribution < 1.29 is 0 Å². The molecule has 25 heavy (non-hydrogen) atoms. The maximum atomic E-state index is 6.14. The zero-order valence-electron chi connectivity index (χ0n) is 13.3. The van der Waals surface area contributed by atoms with E-state index in [1.807, 2.05) is 55.5 Å². The maximum absolute atomic E-state index is 6.14. The van der Waals surface area contributed by atoms with Crippen molar-refractivity contribution in [3.05, 3.63) is 65.4 Å². The molecule has 2 N–H and O–H groups in total. The van der Waals surface area contributed by atoms with Crippen LogP contribution in [0.3, 0.4) is 0 Å². The van der Waals surface area contributed by atoms with Crippen molar-refractivity contribution in [3.8, 4) is 0 Å². The van der Waals surface area contributed by atoms with Crippen LogP contribution in [0.15, 0.2) is 54.9 Å². The first kappa shape index (κ1) is 15.8. The molecule has 0 bridgehead atoms. The molecule has 2 heterocycles. The molecule has 2 aromatic heterocycles. The lowest BCUT2D eigenvalue weighted by molar-refractivity contribution is 1.20. The van der Waals surface area contributed by atoms with E-state index in [1.165, 1.54) is 17.7 Å². The van der Waals surface area contributed by atoms with Crippen LogP contribution in [0.2, 0.25) is 5.02 Å². The number of nitrogens with zero attached hydrogens (tertiary/aromatic N) is 3. The summed E-state index contributed by atoms with van der Waals surface area (Å²) in [5, 5.41) is 8.06. The van der Waals surface area contributed by atoms with Crippen LogP contribution in [0, 0.1) is 6.92 Å². The molecule has 0 spiro atoms. The van der Waals surface area contributed by atoms with E-state index in [-0.39, 0.29) is 0 Å². The van der Waals surface area contributed by atoms with Crippen molar-refractivity contribution in [3.63, 3.8) is 0 Å². The fourth-order valence-electron chi connectivity index (χ4n) is 2.49. The third-order valence-electron chi connectivity index (χ3n) is 3.52. The topological polar surface area (TPSA) is 62.7 Å². The number of hydrogen-bond donors (Lipinski definition) is 2. The number of aryl methyl sites for hydroxylation is 1. The largest absolute Gasteiger partial charge is 0.339 e. The SMILES string of the molecule is Cc1cc(Cl)cc(Nc2ncnc3nc(Nc4ccccc4)sc23)c1. The van der Waals surface area contributed by atoms with Gasteiger partial charge in [0.2, 0.25) is 0 Å². The number of halogens is 1. The minimum absolute atomic E-state index is 0.652. The molecule has 0 saturated heterocycles. The highest BCUT2D eigenvalue weighted by molar-refractivity contribution is 7.22. The maximum Gasteiger partial charge on any atom is 0.189 e. The van der Waals surface area contributed by atoms with Gasteiger partial charge < -0.3 is 10.6 Å². The van der Waals surface area contributed by atoms with Gasteiger partial charge in [-0.05, 0) is 42.8 Å². The van der Waals surface area contributed by atoms with Gasteiger partial charge in [0, 0.05) is 16.4 Å². The second-order valence-corrected chi connectivity index (χ2v) is 6.96. The quantitative estimate of drug-likeness (QED) is 0.496. The van der Waals surface area contributed by atoms with E-state index >= 15 is 0 Å². The zero-order chi connectivity index (χ0) is 17.2. The second-order valence-electron chi connectivity index (χ2n) is 5.53. The molecule has 0 unspecified atom stereocenters. The Balaban J connectivity index is 1.67. The Kier molecular flexibility index (Phi) is 4.21. The van der Waals surface area contributed by atoms with Gasteiger partial charge in [0.15, 0.2) is 16.6 Å². The van der Waals surface area contributed by atoms with Crippen LogP contribution in [-0.2, 0) is 0 Å². The van der Waals surface area contributed by atoms with Crippen molar-refractivity contribution in [2.75, 3.05) is 10.6 Å². The predicted octanol–water partition coefficient (Wildman–Crippen LogP) is 5.54. The average Bonchev–Trinajstić information content (AvgIpc) is 2.98. The van der Waals surface area contributed by atoms with Gasteiger partial charge in [-0.2, -0.15) is 4.98 Å². The number of anilines is 4. The molecule has 5 nitrogen and oxygen atoms in total. The van der Waals surface area contributed by atoms with E-state index in [9.17, 15) is 0 Å². The fraction of sp³-hybridized carbons (Fsp3) is 0.0556. The molecule has 124 valence electrons. The van der Waals surface area contributed by atoms with E-state index in [1.54, 1.807) is 0 Å². The molecule has 0 fully saturated rings. The lowest BCUT2D eigenvalue weighted by Crippen LogP contribution is -1.95. The highest BCUT2D eigenvalue weighted by Crippen LogP contribution is 2.33. The highest BCUT2D eigenvalue weighted by atomic mass is 35.5. The van der Waals surface area contributed by atoms with Gasteiger partial charge in [0.1, 0.15) is 11.0 Å². The standard InChI is InChI=1S/C18H14ClN5S/c1-11-7-12(19)9-14(8-11)22-16-15-17(21-10-20-16)24-18(25-15)23-13-5-3-2-4-6-13/h2-10H,1H3,(H2,20,21,22,23,24). The van der Waals surface area contributed by atoms with E-state index in [2.05, 4.69) is 25.6 Å². The number of rotatable bonds is 4. The number of para-hydroxylation sites is 1. The van der Waals surface area contributed by atoms with Gasteiger partial charge in [-0.15, -0.1) is 0 Å². The van der Waals surface area contributed by atoms with Crippen molar-refractivity contribution in [1.29, 1.82) is 0 Å². The molecule has 0 aliphatic heterocycles. The first-order valence-corrected chi connectivity index (χ1v) is 8.85. The Morgan fingerprint density at radius 1 is 0.960 bits per heavy atom. The lowest BCUT2D eigenvalue weighted by Gasteiger charge is -2.07. The van der Waals surface area contributed by atoms with Crippen molar-refractivity contribution in [1.82, 2.24) is 15.0 Å². The minimum atomic E-state index is 0.652. The smallest absolute Gasteiger partial charge is 0.189 e. The minimum Gasteiger partial charge on any atom is -0.339 e. The lowest BCUT2D eigenvalue weighted by atomic mass is 10.2. The van der Waals surface area contributed by atoms with Crippen LogP contribution in [0.1, 0.15) is 5.56 Å². The zero-order valence-corrected chi connectivity index (χ0v) is 14.9. The van der Waals surface area contributed by atoms with Gasteiger partial charge in [0.25, 0.3) is 0 Å². The Hall–Kier alpha value is -2.70. The Morgan fingerprint density at radius 3 is 2.60 bits per heavy atom. The molecule has 2 aromatic carbocycles. The summed E-state index contributed by atoms with van der Waals surface area (Å²) in [5.41, 5.74) is 3.60. The van der Waals surface area contributed by atoms with Gasteiger partial charge in [-0.3, -0.25) is 0 Å². The summed E-state index contributed by atoms with van der Waals surface area (Å²) < 4.78 is 0.888. The average molecular weight is 368 g/mol. The van der Waals surface area contributed by atoms with Crippen LogP contribution in [0.25, 0.3) is 10.3 Å². The summed E-state index contributed by atoms with van der Waals surface area (Å²) in [7, 11) is 0. The van der Waals surface area contributed by atoms with Gasteiger partial charge >= 0.3 is 0 Å². The number of fused-ring (bicyclic) bond motifs is 1. The Labute approximate surface area is 153 Å². The first-order chi connectivity index (χ1) is 12.2. The van der Waals surface area contributed by atoms with E-state index in [4.69, 9.17) is 11.6 Å². The first-order valence-electron chi connectivity index (χ1n) is 7.65. The van der Waals surface area contributed by atoms with Crippen LogP contribution < -0.4 is 10.6 Å². The molecule has 0 radical (unpaired) electrons. The van der Waals surface area contributed by atoms with Crippen LogP contribution in [0.5, 0.6) is 0 Å². The summed E-state index contributed by atoms with van der Waals surface area (Å²) in [6.07, 6.45) is 1.51. The third kappa shape index (κ3) is 3.55. The summed E-state index contributed by atoms with van der Waals surface area (Å²) in [6.45, 7) is 2.00. The molecule has 0 aliphatic carbocycles.